The van der Waals surface area contributed by atoms with Gasteiger partial charge in [0.15, 0.2) is 0 Å². The highest BCUT2D eigenvalue weighted by atomic mass is 19.4. The molecule has 0 bridgehead atoms. The van der Waals surface area contributed by atoms with Crippen LogP contribution in [0.1, 0.15) is 48.6 Å². The zero-order valence-electron chi connectivity index (χ0n) is 22.8. The summed E-state index contributed by atoms with van der Waals surface area (Å²) in [6, 6.07) is 20.8. The van der Waals surface area contributed by atoms with Crippen LogP contribution < -0.4 is 15.5 Å². The molecule has 2 N–H and O–H groups in total. The number of carbonyl (C=O) groups excluding carboxylic acids is 2. The number of halogens is 3. The Balaban J connectivity index is 1.41. The number of benzene rings is 3. The van der Waals surface area contributed by atoms with E-state index in [-0.39, 0.29) is 13.1 Å². The number of hydrogen-bond acceptors (Lipinski definition) is 4. The third kappa shape index (κ3) is 7.63. The van der Waals surface area contributed by atoms with Crippen LogP contribution in [-0.2, 0) is 41.5 Å². The van der Waals surface area contributed by atoms with Gasteiger partial charge in [-0.15, -0.1) is 0 Å². The lowest BCUT2D eigenvalue weighted by atomic mass is 9.97. The summed E-state index contributed by atoms with van der Waals surface area (Å²) >= 11 is 0. The molecule has 3 aromatic rings. The van der Waals surface area contributed by atoms with Gasteiger partial charge < -0.3 is 10.1 Å². The summed E-state index contributed by atoms with van der Waals surface area (Å²) in [7, 11) is 0. The molecule has 4 rings (SSSR count). The van der Waals surface area contributed by atoms with E-state index in [2.05, 4.69) is 10.6 Å². The maximum absolute atomic E-state index is 13.4. The van der Waals surface area contributed by atoms with E-state index in [0.717, 1.165) is 28.8 Å². The van der Waals surface area contributed by atoms with Crippen molar-refractivity contribution in [2.75, 3.05) is 11.4 Å². The number of nitrogens with zero attached hydrogens (tertiary/aromatic N) is 1. The normalized spacial score (nSPS) is 15.1. The van der Waals surface area contributed by atoms with Crippen LogP contribution >= 0.6 is 0 Å². The standard InChI is InChI=1S/C31H34F3N3O3/c1-30(2,3)40-29(39)37-26-12-8-7-11-23(26)18-27(37)35-20-28(38)36-19-24-17-25(31(32,33)34)16-15-22(24)14-13-21-9-5-4-6-10-21/h4-12,15-17,27,35H,13-14,18-20H2,1-3H3,(H,36,38)/t27-/m1/s1. The number of fused-ring (bicyclic) bond motifs is 1. The molecule has 0 fully saturated rings. The fourth-order valence-corrected chi connectivity index (χ4v) is 4.69. The van der Waals surface area contributed by atoms with Crippen molar-refractivity contribution in [1.82, 2.24) is 10.6 Å². The zero-order chi connectivity index (χ0) is 28.9. The molecule has 40 heavy (non-hydrogen) atoms. The van der Waals surface area contributed by atoms with E-state index in [0.29, 0.717) is 30.5 Å². The Kier molecular flexibility index (Phi) is 8.83. The number of nitrogens with one attached hydrogen (secondary N) is 2. The molecule has 0 spiro atoms. The average molecular weight is 554 g/mol. The first-order chi connectivity index (χ1) is 18.9. The van der Waals surface area contributed by atoms with Crippen LogP contribution in [0.25, 0.3) is 0 Å². The molecule has 9 heteroatoms. The van der Waals surface area contributed by atoms with E-state index >= 15 is 0 Å². The molecular formula is C31H34F3N3O3. The first kappa shape index (κ1) is 29.1. The summed E-state index contributed by atoms with van der Waals surface area (Å²) in [5.74, 6) is -0.397. The fourth-order valence-electron chi connectivity index (χ4n) is 4.69. The van der Waals surface area contributed by atoms with Crippen molar-refractivity contribution in [3.05, 3.63) is 101 Å². The van der Waals surface area contributed by atoms with Crippen molar-refractivity contribution in [1.29, 1.82) is 0 Å². The number of amides is 2. The van der Waals surface area contributed by atoms with Gasteiger partial charge in [0.2, 0.25) is 5.91 Å². The highest BCUT2D eigenvalue weighted by Crippen LogP contribution is 2.33. The quantitative estimate of drug-likeness (QED) is 0.358. The number of carbonyl (C=O) groups is 2. The number of hydrogen-bond donors (Lipinski definition) is 2. The molecule has 1 aliphatic rings. The van der Waals surface area contributed by atoms with E-state index in [9.17, 15) is 22.8 Å². The van der Waals surface area contributed by atoms with Gasteiger partial charge in [-0.3, -0.25) is 15.0 Å². The Morgan fingerprint density at radius 3 is 2.33 bits per heavy atom. The van der Waals surface area contributed by atoms with Crippen LogP contribution in [0.2, 0.25) is 0 Å². The topological polar surface area (TPSA) is 70.7 Å². The van der Waals surface area contributed by atoms with Crippen molar-refractivity contribution in [3.8, 4) is 0 Å². The van der Waals surface area contributed by atoms with E-state index in [1.54, 1.807) is 20.8 Å². The van der Waals surface area contributed by atoms with Crippen LogP contribution in [0.3, 0.4) is 0 Å². The number of rotatable bonds is 8. The molecule has 1 aliphatic heterocycles. The van der Waals surface area contributed by atoms with Crippen molar-refractivity contribution in [2.45, 2.75) is 64.5 Å². The first-order valence-corrected chi connectivity index (χ1v) is 13.2. The van der Waals surface area contributed by atoms with Crippen LogP contribution in [0.15, 0.2) is 72.8 Å². The van der Waals surface area contributed by atoms with Gasteiger partial charge in [0, 0.05) is 13.0 Å². The minimum atomic E-state index is -4.49. The molecule has 2 amide bonds. The monoisotopic (exact) mass is 553 g/mol. The lowest BCUT2D eigenvalue weighted by molar-refractivity contribution is -0.137. The summed E-state index contributed by atoms with van der Waals surface area (Å²) in [4.78, 5) is 27.3. The molecular weight excluding hydrogens is 519 g/mol. The van der Waals surface area contributed by atoms with Crippen LogP contribution in [0.5, 0.6) is 0 Å². The Hall–Kier alpha value is -3.85. The van der Waals surface area contributed by atoms with E-state index < -0.39 is 35.5 Å². The fraction of sp³-hybridized carbons (Fsp3) is 0.355. The summed E-state index contributed by atoms with van der Waals surface area (Å²) in [5.41, 5.74) is 2.44. The van der Waals surface area contributed by atoms with Crippen molar-refractivity contribution in [2.24, 2.45) is 0 Å². The van der Waals surface area contributed by atoms with E-state index in [1.807, 2.05) is 54.6 Å². The molecule has 1 heterocycles. The lowest BCUT2D eigenvalue weighted by Gasteiger charge is -2.29. The van der Waals surface area contributed by atoms with Crippen molar-refractivity contribution in [3.63, 3.8) is 0 Å². The highest BCUT2D eigenvalue weighted by Gasteiger charge is 2.36. The number of anilines is 1. The predicted molar refractivity (Wildman–Crippen MR) is 148 cm³/mol. The average Bonchev–Trinajstić information content (AvgIpc) is 3.27. The SMILES string of the molecule is CC(C)(C)OC(=O)N1c2ccccc2C[C@@H]1NCC(=O)NCc1cc(C(F)(F)F)ccc1CCc1ccccc1. The van der Waals surface area contributed by atoms with Gasteiger partial charge in [0.05, 0.1) is 24.0 Å². The van der Waals surface area contributed by atoms with Crippen LogP contribution in [0, 0.1) is 0 Å². The van der Waals surface area contributed by atoms with Gasteiger partial charge in [-0.05, 0) is 74.1 Å². The van der Waals surface area contributed by atoms with Crippen molar-refractivity contribution >= 4 is 17.7 Å². The molecule has 0 aliphatic carbocycles. The lowest BCUT2D eigenvalue weighted by Crippen LogP contribution is -2.51. The molecule has 212 valence electrons. The van der Waals surface area contributed by atoms with E-state index in [1.165, 1.54) is 11.0 Å². The van der Waals surface area contributed by atoms with E-state index in [4.69, 9.17) is 4.74 Å². The molecule has 0 radical (unpaired) electrons. The Labute approximate surface area is 232 Å². The summed E-state index contributed by atoms with van der Waals surface area (Å²) < 4.78 is 45.8. The summed E-state index contributed by atoms with van der Waals surface area (Å²) in [5, 5.41) is 5.85. The Bertz CT molecular complexity index is 1340. The van der Waals surface area contributed by atoms with Gasteiger partial charge in [-0.2, -0.15) is 13.2 Å². The largest absolute Gasteiger partial charge is 0.443 e. The molecule has 3 aromatic carbocycles. The third-order valence-electron chi connectivity index (χ3n) is 6.60. The number of ether oxygens (including phenoxy) is 1. The molecule has 6 nitrogen and oxygen atoms in total. The minimum Gasteiger partial charge on any atom is -0.443 e. The summed E-state index contributed by atoms with van der Waals surface area (Å²) in [6.45, 7) is 5.17. The molecule has 1 atom stereocenters. The second kappa shape index (κ2) is 12.1. The molecule has 0 saturated carbocycles. The second-order valence-electron chi connectivity index (χ2n) is 10.8. The van der Waals surface area contributed by atoms with Gasteiger partial charge >= 0.3 is 12.3 Å². The van der Waals surface area contributed by atoms with Gasteiger partial charge in [0.25, 0.3) is 0 Å². The molecule has 0 unspecified atom stereocenters. The van der Waals surface area contributed by atoms with Gasteiger partial charge in [0.1, 0.15) is 5.60 Å². The molecule has 0 aromatic heterocycles. The second-order valence-corrected chi connectivity index (χ2v) is 10.8. The Morgan fingerprint density at radius 2 is 1.62 bits per heavy atom. The number of alkyl halides is 3. The number of aryl methyl sites for hydroxylation is 2. The maximum Gasteiger partial charge on any atom is 0.416 e. The highest BCUT2D eigenvalue weighted by molar-refractivity contribution is 5.91. The smallest absolute Gasteiger partial charge is 0.416 e. The third-order valence-corrected chi connectivity index (χ3v) is 6.60. The Morgan fingerprint density at radius 1 is 0.925 bits per heavy atom. The number of para-hydroxylation sites is 1. The zero-order valence-corrected chi connectivity index (χ0v) is 22.8. The van der Waals surface area contributed by atoms with Crippen LogP contribution in [-0.4, -0.2) is 30.3 Å². The maximum atomic E-state index is 13.4. The van der Waals surface area contributed by atoms with Crippen molar-refractivity contribution < 1.29 is 27.5 Å². The summed E-state index contributed by atoms with van der Waals surface area (Å²) in [6.07, 6.45) is -3.83. The molecule has 0 saturated heterocycles. The first-order valence-electron chi connectivity index (χ1n) is 13.2. The minimum absolute atomic E-state index is 0.0464. The van der Waals surface area contributed by atoms with Gasteiger partial charge in [-0.25, -0.2) is 4.79 Å². The predicted octanol–water partition coefficient (Wildman–Crippen LogP) is 6.02. The van der Waals surface area contributed by atoms with Gasteiger partial charge in [-0.1, -0.05) is 54.6 Å². The van der Waals surface area contributed by atoms with Crippen LogP contribution in [0.4, 0.5) is 23.7 Å².